The zero-order valence-corrected chi connectivity index (χ0v) is 36.5. The monoisotopic (exact) mass is 756 g/mol. The molecule has 9 heteroatoms. The number of esters is 2. The van der Waals surface area contributed by atoms with E-state index >= 15 is 0 Å². The minimum absolute atomic E-state index is 0. The molecular weight excluding hydrogens is 688 g/mol. The first kappa shape index (κ1) is 50.2. The molecule has 1 aromatic rings. The van der Waals surface area contributed by atoms with E-state index in [0.29, 0.717) is 12.8 Å². The zero-order valence-electron chi connectivity index (χ0n) is 32.6. The molecule has 7 nitrogen and oxygen atoms in total. The van der Waals surface area contributed by atoms with Crippen LogP contribution in [-0.2, 0) is 19.6 Å². The molecule has 0 aliphatic heterocycles. The van der Waals surface area contributed by atoms with E-state index < -0.39 is 32.5 Å². The van der Waals surface area contributed by atoms with E-state index in [2.05, 4.69) is 38.2 Å². The van der Waals surface area contributed by atoms with Gasteiger partial charge in [-0.1, -0.05) is 147 Å². The van der Waals surface area contributed by atoms with Crippen LogP contribution in [0.15, 0.2) is 47.4 Å². The van der Waals surface area contributed by atoms with Crippen LogP contribution >= 0.6 is 0 Å². The standard InChI is InChI=1S/C42H70O7S.K/c1-3-5-7-9-11-13-15-17-19-21-23-25-27-29-31-36-48-41(43)38-34-33-35-39(50(45,46)47)40(38)42(44)49-37-32-30-28-26-24-22-20-18-16-14-12-10-8-6-4-2;/h15-18,33-35H,3-14,19-32,36-37H2,1-2H3,(H,45,46,47);/q;+1/p-1/b17-15+,18-16+;. The van der Waals surface area contributed by atoms with Crippen molar-refractivity contribution < 1.29 is 83.4 Å². The molecule has 0 fully saturated rings. The number of carbonyl (C=O) groups excluding carboxylic acids is 2. The first-order valence-corrected chi connectivity index (χ1v) is 21.5. The Balaban J connectivity index is 0.0000250. The molecular formula is C42H69KO7S. The van der Waals surface area contributed by atoms with Crippen LogP contribution in [-0.4, -0.2) is 38.1 Å². The van der Waals surface area contributed by atoms with Crippen LogP contribution in [0.2, 0.25) is 0 Å². The van der Waals surface area contributed by atoms with Crippen molar-refractivity contribution in [3.63, 3.8) is 0 Å². The molecule has 1 rings (SSSR count). The van der Waals surface area contributed by atoms with Crippen molar-refractivity contribution in [1.82, 2.24) is 0 Å². The fraction of sp³-hybridized carbons (Fsp3) is 0.714. The van der Waals surface area contributed by atoms with Gasteiger partial charge in [0, 0.05) is 0 Å². The molecule has 0 aliphatic carbocycles. The van der Waals surface area contributed by atoms with E-state index in [4.69, 9.17) is 9.47 Å². The van der Waals surface area contributed by atoms with Crippen LogP contribution in [0.3, 0.4) is 0 Å². The van der Waals surface area contributed by atoms with E-state index in [-0.39, 0.29) is 70.2 Å². The number of carbonyl (C=O) groups is 2. The number of benzene rings is 1. The second-order valence-corrected chi connectivity index (χ2v) is 14.9. The summed E-state index contributed by atoms with van der Waals surface area (Å²) in [6.45, 7) is 4.71. The minimum atomic E-state index is -5.01. The van der Waals surface area contributed by atoms with Gasteiger partial charge in [-0.15, -0.1) is 0 Å². The topological polar surface area (TPSA) is 110 Å². The third kappa shape index (κ3) is 27.4. The molecule has 0 saturated heterocycles. The largest absolute Gasteiger partial charge is 1.00 e. The molecule has 0 radical (unpaired) electrons. The summed E-state index contributed by atoms with van der Waals surface area (Å²) in [6, 6.07) is 3.60. The van der Waals surface area contributed by atoms with E-state index in [1.165, 1.54) is 102 Å². The average molecular weight is 757 g/mol. The van der Waals surface area contributed by atoms with Gasteiger partial charge in [0.15, 0.2) is 0 Å². The molecule has 0 heterocycles. The molecule has 0 bridgehead atoms. The van der Waals surface area contributed by atoms with Crippen molar-refractivity contribution in [2.75, 3.05) is 13.2 Å². The summed E-state index contributed by atoms with van der Waals surface area (Å²) < 4.78 is 46.6. The number of ether oxygens (including phenoxy) is 2. The molecule has 0 saturated carbocycles. The van der Waals surface area contributed by atoms with Crippen molar-refractivity contribution in [2.24, 2.45) is 0 Å². The molecule has 0 aliphatic rings. The van der Waals surface area contributed by atoms with Gasteiger partial charge >= 0.3 is 63.3 Å². The second kappa shape index (κ2) is 34.9. The van der Waals surface area contributed by atoms with Crippen LogP contribution in [0, 0.1) is 0 Å². The smallest absolute Gasteiger partial charge is 0.744 e. The predicted molar refractivity (Wildman–Crippen MR) is 205 cm³/mol. The first-order valence-electron chi connectivity index (χ1n) is 20.1. The fourth-order valence-corrected chi connectivity index (χ4v) is 6.63. The maximum absolute atomic E-state index is 13.0. The molecule has 0 aromatic heterocycles. The minimum Gasteiger partial charge on any atom is -0.744 e. The Morgan fingerprint density at radius 2 is 0.902 bits per heavy atom. The number of hydrogen-bond acceptors (Lipinski definition) is 7. The second-order valence-electron chi connectivity index (χ2n) is 13.6. The summed E-state index contributed by atoms with van der Waals surface area (Å²) in [5, 5.41) is 0. The van der Waals surface area contributed by atoms with Gasteiger partial charge in [0.25, 0.3) is 0 Å². The van der Waals surface area contributed by atoms with Crippen molar-refractivity contribution in [2.45, 2.75) is 186 Å². The Labute approximate surface area is 354 Å². The number of allylic oxidation sites excluding steroid dienone is 4. The molecule has 0 amide bonds. The average Bonchev–Trinajstić information content (AvgIpc) is 3.10. The van der Waals surface area contributed by atoms with Crippen LogP contribution in [0.1, 0.15) is 202 Å². The SMILES string of the molecule is CCCCCCC/C=C/CCCCCCCCOC(=O)c1cccc(S(=O)(=O)[O-])c1C(=O)OCCCCCCCC/C=C/CCCCCCC.[K+]. The third-order valence-corrected chi connectivity index (χ3v) is 9.88. The summed E-state index contributed by atoms with van der Waals surface area (Å²) in [5.74, 6) is -1.83. The Morgan fingerprint density at radius 3 is 1.29 bits per heavy atom. The number of hydrogen-bond donors (Lipinski definition) is 0. The van der Waals surface area contributed by atoms with Crippen LogP contribution in [0.5, 0.6) is 0 Å². The summed E-state index contributed by atoms with van der Waals surface area (Å²) in [4.78, 5) is 25.1. The summed E-state index contributed by atoms with van der Waals surface area (Å²) in [6.07, 6.45) is 38.9. The maximum Gasteiger partial charge on any atom is 1.00 e. The van der Waals surface area contributed by atoms with Gasteiger partial charge in [-0.25, -0.2) is 18.0 Å². The van der Waals surface area contributed by atoms with Crippen LogP contribution < -0.4 is 51.4 Å². The van der Waals surface area contributed by atoms with Gasteiger partial charge < -0.3 is 14.0 Å². The van der Waals surface area contributed by atoms with Crippen molar-refractivity contribution in [3.05, 3.63) is 53.6 Å². The number of rotatable bonds is 33. The molecule has 286 valence electrons. The van der Waals surface area contributed by atoms with Crippen LogP contribution in [0.25, 0.3) is 0 Å². The predicted octanol–water partition coefficient (Wildman–Crippen LogP) is 9.20. The Bertz CT molecular complexity index is 1180. The van der Waals surface area contributed by atoms with Crippen molar-refractivity contribution in [1.29, 1.82) is 0 Å². The zero-order chi connectivity index (χ0) is 36.5. The van der Waals surface area contributed by atoms with Crippen molar-refractivity contribution in [3.8, 4) is 0 Å². The van der Waals surface area contributed by atoms with E-state index in [9.17, 15) is 22.6 Å². The quantitative estimate of drug-likeness (QED) is 0.0231. The van der Waals surface area contributed by atoms with E-state index in [1.54, 1.807) is 0 Å². The third-order valence-electron chi connectivity index (χ3n) is 9.00. The van der Waals surface area contributed by atoms with E-state index in [1.807, 2.05) is 0 Å². The first-order chi connectivity index (χ1) is 24.3. The molecule has 0 atom stereocenters. The van der Waals surface area contributed by atoms with Gasteiger partial charge in [-0.3, -0.25) is 0 Å². The van der Waals surface area contributed by atoms with Gasteiger partial charge in [-0.2, -0.15) is 0 Å². The Morgan fingerprint density at radius 1 is 0.549 bits per heavy atom. The van der Waals surface area contributed by atoms with Crippen LogP contribution in [0.4, 0.5) is 0 Å². The normalized spacial score (nSPS) is 11.7. The van der Waals surface area contributed by atoms with Gasteiger partial charge in [0.1, 0.15) is 10.1 Å². The summed E-state index contributed by atoms with van der Waals surface area (Å²) >= 11 is 0. The molecule has 1 aromatic carbocycles. The van der Waals surface area contributed by atoms with E-state index in [0.717, 1.165) is 70.3 Å². The Kier molecular flexibility index (Phi) is 34.4. The molecule has 0 spiro atoms. The number of unbranched alkanes of at least 4 members (excludes halogenated alkanes) is 22. The maximum atomic E-state index is 13.0. The summed E-state index contributed by atoms with van der Waals surface area (Å²) in [5.41, 5.74) is -0.793. The molecule has 51 heavy (non-hydrogen) atoms. The van der Waals surface area contributed by atoms with Gasteiger partial charge in [-0.05, 0) is 76.3 Å². The van der Waals surface area contributed by atoms with Crippen molar-refractivity contribution >= 4 is 22.1 Å². The molecule has 0 N–H and O–H groups in total. The van der Waals surface area contributed by atoms with Gasteiger partial charge in [0.05, 0.1) is 29.2 Å². The Hall–Kier alpha value is -0.814. The van der Waals surface area contributed by atoms with Gasteiger partial charge in [0.2, 0.25) is 0 Å². The summed E-state index contributed by atoms with van der Waals surface area (Å²) in [7, 11) is -5.01. The molecule has 0 unspecified atom stereocenters. The fourth-order valence-electron chi connectivity index (χ4n) is 5.95.